The normalized spacial score (nSPS) is 18.8. The highest BCUT2D eigenvalue weighted by Crippen LogP contribution is 2.31. The average molecular weight is 482 g/mol. The van der Waals surface area contributed by atoms with E-state index in [1.807, 2.05) is 0 Å². The Hall–Kier alpha value is -2.95. The number of hydrogen-bond acceptors (Lipinski definition) is 6. The van der Waals surface area contributed by atoms with E-state index in [1.54, 1.807) is 0 Å². The summed E-state index contributed by atoms with van der Waals surface area (Å²) in [6.45, 7) is 0. The first-order valence-corrected chi connectivity index (χ1v) is 11.2. The van der Waals surface area contributed by atoms with E-state index >= 15 is 0 Å². The third-order valence-electron chi connectivity index (χ3n) is 4.84. The molecule has 0 aromatic heterocycles. The largest absolute Gasteiger partial charge is 0.295 e. The number of nitrogens with one attached hydrogen (secondary N) is 2. The van der Waals surface area contributed by atoms with Gasteiger partial charge in [-0.05, 0) is 42.8 Å². The van der Waals surface area contributed by atoms with Crippen molar-refractivity contribution in [2.24, 2.45) is 0 Å². The minimum absolute atomic E-state index is 0.00292. The Balaban J connectivity index is 1.63. The lowest BCUT2D eigenvalue weighted by molar-refractivity contribution is -0.136. The number of rotatable bonds is 4. The lowest BCUT2D eigenvalue weighted by atomic mass is 10.0. The molecule has 1 unspecified atom stereocenters. The van der Waals surface area contributed by atoms with Crippen LogP contribution in [0.2, 0.25) is 10.0 Å². The molecule has 1 fully saturated rings. The van der Waals surface area contributed by atoms with Gasteiger partial charge < -0.3 is 0 Å². The molecule has 160 valence electrons. The molecule has 9 nitrogen and oxygen atoms in total. The third-order valence-corrected chi connectivity index (χ3v) is 6.64. The zero-order valence-corrected chi connectivity index (χ0v) is 17.8. The summed E-state index contributed by atoms with van der Waals surface area (Å²) >= 11 is 11.7. The van der Waals surface area contributed by atoms with Crippen LogP contribution in [0.15, 0.2) is 41.3 Å². The number of nitrogens with zero attached hydrogens (tertiary/aromatic N) is 1. The van der Waals surface area contributed by atoms with E-state index in [1.165, 1.54) is 36.4 Å². The standard InChI is InChI=1S/C19H13Cl2N3O6S/c20-9-5-10(21)7-12(6-9)31(29,30)23-11-1-2-13-14(8-11)19(28)24(18(13)27)15-3-4-16(25)22-17(15)26/h1-2,5-8,15,23H,3-4H2,(H,22,25,26). The van der Waals surface area contributed by atoms with Gasteiger partial charge in [0.2, 0.25) is 11.8 Å². The fourth-order valence-electron chi connectivity index (χ4n) is 3.43. The summed E-state index contributed by atoms with van der Waals surface area (Å²) in [5.41, 5.74) is 0.00333. The molecule has 1 saturated heterocycles. The number of imide groups is 2. The molecule has 1 atom stereocenters. The Kier molecular flexibility index (Phi) is 5.24. The summed E-state index contributed by atoms with van der Waals surface area (Å²) in [6, 6.07) is 6.52. The molecule has 0 spiro atoms. The highest BCUT2D eigenvalue weighted by Gasteiger charge is 2.44. The molecular formula is C19H13Cl2N3O6S. The quantitative estimate of drug-likeness (QED) is 0.643. The second kappa shape index (κ2) is 7.63. The molecule has 31 heavy (non-hydrogen) atoms. The first kappa shape index (κ1) is 21.3. The first-order chi connectivity index (χ1) is 14.6. The van der Waals surface area contributed by atoms with E-state index in [0.29, 0.717) is 0 Å². The van der Waals surface area contributed by atoms with Crippen LogP contribution < -0.4 is 10.0 Å². The molecular weight excluding hydrogens is 469 g/mol. The van der Waals surface area contributed by atoms with Gasteiger partial charge in [0.05, 0.1) is 16.0 Å². The Bertz CT molecular complexity index is 1260. The van der Waals surface area contributed by atoms with E-state index in [-0.39, 0.29) is 44.6 Å². The number of anilines is 1. The summed E-state index contributed by atoms with van der Waals surface area (Å²) in [7, 11) is -4.09. The minimum atomic E-state index is -4.09. The van der Waals surface area contributed by atoms with Crippen LogP contribution in [-0.2, 0) is 19.6 Å². The summed E-state index contributed by atoms with van der Waals surface area (Å²) in [5, 5.41) is 2.36. The maximum atomic E-state index is 12.8. The Morgan fingerprint density at radius 2 is 1.58 bits per heavy atom. The molecule has 4 amide bonds. The Morgan fingerprint density at radius 1 is 0.935 bits per heavy atom. The van der Waals surface area contributed by atoms with E-state index < -0.39 is 39.7 Å². The topological polar surface area (TPSA) is 130 Å². The Labute approximate surface area is 186 Å². The number of hydrogen-bond donors (Lipinski definition) is 2. The third kappa shape index (κ3) is 3.89. The van der Waals surface area contributed by atoms with Gasteiger partial charge in [-0.2, -0.15) is 0 Å². The maximum Gasteiger partial charge on any atom is 0.262 e. The number of fused-ring (bicyclic) bond motifs is 1. The summed E-state index contributed by atoms with van der Waals surface area (Å²) in [5.74, 6) is -2.65. The van der Waals surface area contributed by atoms with E-state index in [9.17, 15) is 27.6 Å². The van der Waals surface area contributed by atoms with Gasteiger partial charge in [0.1, 0.15) is 6.04 Å². The van der Waals surface area contributed by atoms with Gasteiger partial charge in [0.25, 0.3) is 21.8 Å². The number of amides is 4. The van der Waals surface area contributed by atoms with Crippen LogP contribution in [0.25, 0.3) is 0 Å². The molecule has 0 bridgehead atoms. The lowest BCUT2D eigenvalue weighted by Gasteiger charge is -2.27. The molecule has 12 heteroatoms. The van der Waals surface area contributed by atoms with Crippen LogP contribution in [0.5, 0.6) is 0 Å². The van der Waals surface area contributed by atoms with Crippen molar-refractivity contribution in [2.75, 3.05) is 4.72 Å². The highest BCUT2D eigenvalue weighted by atomic mass is 35.5. The van der Waals surface area contributed by atoms with Crippen LogP contribution in [-0.4, -0.2) is 43.0 Å². The van der Waals surface area contributed by atoms with Crippen LogP contribution in [0.3, 0.4) is 0 Å². The minimum Gasteiger partial charge on any atom is -0.295 e. The van der Waals surface area contributed by atoms with E-state index in [0.717, 1.165) is 4.90 Å². The molecule has 2 aromatic carbocycles. The zero-order valence-electron chi connectivity index (χ0n) is 15.5. The number of halogens is 2. The summed E-state index contributed by atoms with van der Waals surface area (Å²) < 4.78 is 27.6. The van der Waals surface area contributed by atoms with Crippen LogP contribution in [0.1, 0.15) is 33.6 Å². The van der Waals surface area contributed by atoms with Crippen molar-refractivity contribution in [3.8, 4) is 0 Å². The molecule has 0 aliphatic carbocycles. The van der Waals surface area contributed by atoms with Crippen LogP contribution >= 0.6 is 23.2 Å². The predicted molar refractivity (Wildman–Crippen MR) is 110 cm³/mol. The van der Waals surface area contributed by atoms with Crippen molar-refractivity contribution >= 4 is 62.5 Å². The molecule has 2 aliphatic rings. The zero-order chi connectivity index (χ0) is 22.5. The molecule has 0 radical (unpaired) electrons. The van der Waals surface area contributed by atoms with Gasteiger partial charge in [-0.25, -0.2) is 8.42 Å². The smallest absolute Gasteiger partial charge is 0.262 e. The van der Waals surface area contributed by atoms with Crippen molar-refractivity contribution in [1.82, 2.24) is 10.2 Å². The van der Waals surface area contributed by atoms with Crippen molar-refractivity contribution in [3.05, 3.63) is 57.6 Å². The maximum absolute atomic E-state index is 12.8. The number of benzene rings is 2. The van der Waals surface area contributed by atoms with Crippen molar-refractivity contribution in [2.45, 2.75) is 23.8 Å². The second-order valence-corrected chi connectivity index (χ2v) is 9.47. The fourth-order valence-corrected chi connectivity index (χ4v) is 5.21. The van der Waals surface area contributed by atoms with Gasteiger partial charge in [-0.3, -0.25) is 34.1 Å². The highest BCUT2D eigenvalue weighted by molar-refractivity contribution is 7.92. The second-order valence-electron chi connectivity index (χ2n) is 6.92. The summed E-state index contributed by atoms with van der Waals surface area (Å²) in [6.07, 6.45) is 0.0161. The van der Waals surface area contributed by atoms with Gasteiger partial charge in [-0.15, -0.1) is 0 Å². The number of sulfonamides is 1. The van der Waals surface area contributed by atoms with Gasteiger partial charge in [0.15, 0.2) is 0 Å². The van der Waals surface area contributed by atoms with E-state index in [4.69, 9.17) is 23.2 Å². The number of carbonyl (C=O) groups excluding carboxylic acids is 4. The van der Waals surface area contributed by atoms with Gasteiger partial charge >= 0.3 is 0 Å². The average Bonchev–Trinajstić information content (AvgIpc) is 2.91. The molecule has 2 aromatic rings. The van der Waals surface area contributed by atoms with Crippen molar-refractivity contribution < 1.29 is 27.6 Å². The van der Waals surface area contributed by atoms with Gasteiger partial charge in [0, 0.05) is 22.2 Å². The Morgan fingerprint density at radius 3 is 2.23 bits per heavy atom. The molecule has 2 aliphatic heterocycles. The summed E-state index contributed by atoms with van der Waals surface area (Å²) in [4.78, 5) is 49.6. The van der Waals surface area contributed by atoms with Crippen LogP contribution in [0.4, 0.5) is 5.69 Å². The number of carbonyl (C=O) groups is 4. The monoisotopic (exact) mass is 481 g/mol. The predicted octanol–water partition coefficient (Wildman–Crippen LogP) is 2.20. The van der Waals surface area contributed by atoms with Crippen LogP contribution in [0, 0.1) is 0 Å². The fraction of sp³-hybridized carbons (Fsp3) is 0.158. The van der Waals surface area contributed by atoms with Crippen molar-refractivity contribution in [3.63, 3.8) is 0 Å². The number of piperidine rings is 1. The lowest BCUT2D eigenvalue weighted by Crippen LogP contribution is -2.54. The van der Waals surface area contributed by atoms with Crippen molar-refractivity contribution in [1.29, 1.82) is 0 Å². The molecule has 2 heterocycles. The first-order valence-electron chi connectivity index (χ1n) is 8.91. The van der Waals surface area contributed by atoms with Gasteiger partial charge in [-0.1, -0.05) is 23.2 Å². The molecule has 2 N–H and O–H groups in total. The van der Waals surface area contributed by atoms with E-state index in [2.05, 4.69) is 10.0 Å². The molecule has 0 saturated carbocycles. The SMILES string of the molecule is O=C1CCC(N2C(=O)c3ccc(NS(=O)(=O)c4cc(Cl)cc(Cl)c4)cc3C2=O)C(=O)N1. The molecule has 4 rings (SSSR count).